The van der Waals surface area contributed by atoms with E-state index in [1.165, 1.54) is 35.9 Å². The summed E-state index contributed by atoms with van der Waals surface area (Å²) in [7, 11) is 1.67. The molecule has 4 aromatic rings. The van der Waals surface area contributed by atoms with Gasteiger partial charge in [-0.05, 0) is 69.6 Å². The highest BCUT2D eigenvalue weighted by Gasteiger charge is 2.14. The Morgan fingerprint density at radius 1 is 1.00 bits per heavy atom. The zero-order valence-electron chi connectivity index (χ0n) is 19.6. The van der Waals surface area contributed by atoms with Crippen LogP contribution < -0.4 is 14.8 Å². The Hall–Kier alpha value is -3.32. The van der Waals surface area contributed by atoms with Gasteiger partial charge < -0.3 is 19.8 Å². The molecule has 0 radical (unpaired) electrons. The number of rotatable bonds is 7. The van der Waals surface area contributed by atoms with E-state index in [-0.39, 0.29) is 0 Å². The number of piperidine rings is 1. The fraction of sp³-hybridized carbons (Fsp3) is 0.385. The molecule has 33 heavy (non-hydrogen) atoms. The second-order valence-electron chi connectivity index (χ2n) is 8.75. The molecule has 1 fully saturated rings. The normalized spacial score (nSPS) is 14.6. The van der Waals surface area contributed by atoms with Crippen molar-refractivity contribution in [3.63, 3.8) is 0 Å². The summed E-state index contributed by atoms with van der Waals surface area (Å²) in [6, 6.07) is 10.2. The highest BCUT2D eigenvalue weighted by Crippen LogP contribution is 2.35. The summed E-state index contributed by atoms with van der Waals surface area (Å²) >= 11 is 0. The molecule has 0 aliphatic carbocycles. The van der Waals surface area contributed by atoms with E-state index in [9.17, 15) is 0 Å². The van der Waals surface area contributed by atoms with Crippen molar-refractivity contribution < 1.29 is 9.47 Å². The van der Waals surface area contributed by atoms with Crippen LogP contribution in [0.2, 0.25) is 0 Å². The van der Waals surface area contributed by atoms with Gasteiger partial charge in [0.25, 0.3) is 0 Å². The molecule has 0 atom stereocenters. The minimum Gasteiger partial charge on any atom is -0.493 e. The molecule has 2 aromatic carbocycles. The van der Waals surface area contributed by atoms with E-state index in [1.807, 2.05) is 12.1 Å². The average Bonchev–Trinajstić information content (AvgIpc) is 3.12. The quantitative estimate of drug-likeness (QED) is 0.400. The number of aryl methyl sites for hydroxylation is 2. The summed E-state index contributed by atoms with van der Waals surface area (Å²) in [5, 5.41) is 5.56. The van der Waals surface area contributed by atoms with Crippen LogP contribution in [0.15, 0.2) is 36.7 Å². The lowest BCUT2D eigenvalue weighted by Crippen LogP contribution is -2.33. The fourth-order valence-electron chi connectivity index (χ4n) is 4.58. The lowest BCUT2D eigenvalue weighted by atomic mass is 10.1. The molecule has 0 amide bonds. The summed E-state index contributed by atoms with van der Waals surface area (Å²) < 4.78 is 11.8. The zero-order valence-corrected chi connectivity index (χ0v) is 19.6. The molecule has 7 heteroatoms. The number of anilines is 2. The Labute approximate surface area is 194 Å². The highest BCUT2D eigenvalue weighted by molar-refractivity contribution is 5.94. The lowest BCUT2D eigenvalue weighted by molar-refractivity contribution is 0.181. The Morgan fingerprint density at radius 3 is 2.67 bits per heavy atom. The molecule has 5 rings (SSSR count). The predicted molar refractivity (Wildman–Crippen MR) is 133 cm³/mol. The Balaban J connectivity index is 1.39. The molecule has 3 heterocycles. The van der Waals surface area contributed by atoms with E-state index in [2.05, 4.69) is 57.2 Å². The number of fused-ring (bicyclic) bond motifs is 2. The van der Waals surface area contributed by atoms with Crippen molar-refractivity contribution >= 4 is 33.3 Å². The maximum Gasteiger partial charge on any atom is 0.163 e. The van der Waals surface area contributed by atoms with Crippen LogP contribution in [0.25, 0.3) is 21.8 Å². The van der Waals surface area contributed by atoms with Gasteiger partial charge >= 0.3 is 0 Å². The van der Waals surface area contributed by atoms with Crippen LogP contribution in [0.5, 0.6) is 11.5 Å². The predicted octanol–water partition coefficient (Wildman–Crippen LogP) is 5.34. The van der Waals surface area contributed by atoms with E-state index in [0.717, 1.165) is 47.6 Å². The molecule has 1 aliphatic heterocycles. The van der Waals surface area contributed by atoms with Crippen molar-refractivity contribution in [2.24, 2.45) is 0 Å². The van der Waals surface area contributed by atoms with Crippen LogP contribution in [-0.2, 0) is 0 Å². The van der Waals surface area contributed by atoms with Gasteiger partial charge in [0.05, 0.1) is 12.6 Å². The van der Waals surface area contributed by atoms with Gasteiger partial charge in [-0.1, -0.05) is 6.42 Å². The highest BCUT2D eigenvalue weighted by atomic mass is 16.5. The van der Waals surface area contributed by atoms with E-state index in [1.54, 1.807) is 13.4 Å². The molecule has 0 saturated carbocycles. The third-order valence-corrected chi connectivity index (χ3v) is 6.61. The number of methoxy groups -OCH3 is 1. The standard InChI is InChI=1S/C26H31N5O2/c1-17-18(2)29-22-8-7-19(13-20(17)22)30-26-21-14-24(32-3)25(15-23(21)27-16-28-26)33-12-11-31-9-5-4-6-10-31/h7-8,13-16,29H,4-6,9-12H2,1-3H3,(H,27,28,30). The topological polar surface area (TPSA) is 75.3 Å². The summed E-state index contributed by atoms with van der Waals surface area (Å²) in [6.07, 6.45) is 5.48. The molecule has 2 aromatic heterocycles. The first-order valence-electron chi connectivity index (χ1n) is 11.7. The van der Waals surface area contributed by atoms with Crippen molar-refractivity contribution in [3.8, 4) is 11.5 Å². The first-order valence-corrected chi connectivity index (χ1v) is 11.7. The van der Waals surface area contributed by atoms with E-state index >= 15 is 0 Å². The zero-order chi connectivity index (χ0) is 22.8. The number of aromatic nitrogens is 3. The van der Waals surface area contributed by atoms with E-state index in [4.69, 9.17) is 9.47 Å². The van der Waals surface area contributed by atoms with Crippen LogP contribution in [0.1, 0.15) is 30.5 Å². The molecular formula is C26H31N5O2. The summed E-state index contributed by atoms with van der Waals surface area (Å²) in [6.45, 7) is 8.11. The SMILES string of the molecule is COc1cc2c(Nc3ccc4[nH]c(C)c(C)c4c3)ncnc2cc1OCCN1CCCCC1. The van der Waals surface area contributed by atoms with Crippen molar-refractivity contribution in [1.82, 2.24) is 19.9 Å². The molecular weight excluding hydrogens is 414 g/mol. The van der Waals surface area contributed by atoms with Crippen LogP contribution in [0, 0.1) is 13.8 Å². The summed E-state index contributed by atoms with van der Waals surface area (Å²) in [4.78, 5) is 14.9. The number of hydrogen-bond donors (Lipinski definition) is 2. The molecule has 1 aliphatic rings. The second-order valence-corrected chi connectivity index (χ2v) is 8.75. The minimum absolute atomic E-state index is 0.632. The number of likely N-dealkylation sites (tertiary alicyclic amines) is 1. The monoisotopic (exact) mass is 445 g/mol. The molecule has 2 N–H and O–H groups in total. The van der Waals surface area contributed by atoms with Crippen LogP contribution >= 0.6 is 0 Å². The number of H-pyrrole nitrogens is 1. The van der Waals surface area contributed by atoms with E-state index < -0.39 is 0 Å². The van der Waals surface area contributed by atoms with Gasteiger partial charge in [-0.25, -0.2) is 9.97 Å². The Morgan fingerprint density at radius 2 is 1.85 bits per heavy atom. The maximum atomic E-state index is 6.11. The van der Waals surface area contributed by atoms with Gasteiger partial charge in [-0.3, -0.25) is 4.90 Å². The Bertz CT molecular complexity index is 1280. The van der Waals surface area contributed by atoms with Gasteiger partial charge in [0.15, 0.2) is 11.5 Å². The first kappa shape index (κ1) is 21.5. The number of nitrogens with zero attached hydrogens (tertiary/aromatic N) is 3. The largest absolute Gasteiger partial charge is 0.493 e. The first-order chi connectivity index (χ1) is 16.1. The number of hydrogen-bond acceptors (Lipinski definition) is 6. The molecule has 0 spiro atoms. The van der Waals surface area contributed by atoms with Crippen LogP contribution in [0.4, 0.5) is 11.5 Å². The van der Waals surface area contributed by atoms with Gasteiger partial charge in [0, 0.05) is 40.3 Å². The smallest absolute Gasteiger partial charge is 0.163 e. The van der Waals surface area contributed by atoms with Crippen LogP contribution in [0.3, 0.4) is 0 Å². The van der Waals surface area contributed by atoms with Crippen molar-refractivity contribution in [3.05, 3.63) is 47.9 Å². The van der Waals surface area contributed by atoms with Crippen molar-refractivity contribution in [1.29, 1.82) is 0 Å². The molecule has 1 saturated heterocycles. The molecule has 0 unspecified atom stereocenters. The third-order valence-electron chi connectivity index (χ3n) is 6.61. The van der Waals surface area contributed by atoms with Gasteiger partial charge in [0.1, 0.15) is 18.8 Å². The van der Waals surface area contributed by atoms with Gasteiger partial charge in [0.2, 0.25) is 0 Å². The number of benzene rings is 2. The van der Waals surface area contributed by atoms with Crippen LogP contribution in [-0.4, -0.2) is 53.2 Å². The average molecular weight is 446 g/mol. The lowest BCUT2D eigenvalue weighted by Gasteiger charge is -2.26. The van der Waals surface area contributed by atoms with E-state index in [0.29, 0.717) is 18.1 Å². The third kappa shape index (κ3) is 4.46. The summed E-state index contributed by atoms with van der Waals surface area (Å²) in [5.74, 6) is 2.14. The maximum absolute atomic E-state index is 6.11. The summed E-state index contributed by atoms with van der Waals surface area (Å²) in [5.41, 5.74) is 5.37. The minimum atomic E-state index is 0.632. The fourth-order valence-corrected chi connectivity index (χ4v) is 4.58. The van der Waals surface area contributed by atoms with Gasteiger partial charge in [-0.2, -0.15) is 0 Å². The second kappa shape index (κ2) is 9.27. The molecule has 0 bridgehead atoms. The molecule has 172 valence electrons. The van der Waals surface area contributed by atoms with Crippen molar-refractivity contribution in [2.75, 3.05) is 38.7 Å². The Kier molecular flexibility index (Phi) is 6.05. The van der Waals surface area contributed by atoms with Gasteiger partial charge in [-0.15, -0.1) is 0 Å². The number of aromatic amines is 1. The number of ether oxygens (including phenoxy) is 2. The van der Waals surface area contributed by atoms with Crippen molar-refractivity contribution in [2.45, 2.75) is 33.1 Å². The number of nitrogens with one attached hydrogen (secondary N) is 2. The molecule has 7 nitrogen and oxygen atoms in total.